The van der Waals surface area contributed by atoms with E-state index in [4.69, 9.17) is 27.9 Å². The first-order chi connectivity index (χ1) is 7.27. The second kappa shape index (κ2) is 4.51. The molecule has 88 valence electrons. The lowest BCUT2D eigenvalue weighted by Gasteiger charge is -2.09. The van der Waals surface area contributed by atoms with E-state index in [1.807, 2.05) is 0 Å². The molecule has 0 amide bonds. The fourth-order valence-corrected chi connectivity index (χ4v) is 1.49. The van der Waals surface area contributed by atoms with Gasteiger partial charge in [-0.25, -0.2) is 0 Å². The number of halogens is 5. The number of carbonyl (C=O) groups excluding carboxylic acids is 1. The van der Waals surface area contributed by atoms with Gasteiger partial charge in [0, 0.05) is 11.6 Å². The van der Waals surface area contributed by atoms with E-state index in [1.54, 1.807) is 0 Å². The zero-order valence-corrected chi connectivity index (χ0v) is 9.37. The zero-order chi connectivity index (χ0) is 12.5. The van der Waals surface area contributed by atoms with Crippen molar-refractivity contribution in [2.75, 3.05) is 7.11 Å². The van der Waals surface area contributed by atoms with Crippen molar-refractivity contribution in [1.82, 2.24) is 0 Å². The van der Waals surface area contributed by atoms with E-state index in [9.17, 15) is 18.0 Å². The van der Waals surface area contributed by atoms with Crippen LogP contribution in [0, 0.1) is 0 Å². The van der Waals surface area contributed by atoms with E-state index in [0.717, 1.165) is 12.1 Å². The molecule has 0 spiro atoms. The van der Waals surface area contributed by atoms with E-state index in [-0.39, 0.29) is 15.8 Å². The number of ketones is 1. The molecule has 16 heavy (non-hydrogen) atoms. The van der Waals surface area contributed by atoms with Crippen molar-refractivity contribution in [3.05, 3.63) is 27.7 Å². The molecule has 1 aromatic rings. The number of hydrogen-bond acceptors (Lipinski definition) is 2. The molecule has 0 aliphatic heterocycles. The van der Waals surface area contributed by atoms with Crippen molar-refractivity contribution >= 4 is 29.0 Å². The molecule has 0 unspecified atom stereocenters. The molecule has 0 aromatic heterocycles. The van der Waals surface area contributed by atoms with Crippen molar-refractivity contribution in [1.29, 1.82) is 0 Å². The van der Waals surface area contributed by atoms with E-state index in [2.05, 4.69) is 0 Å². The Labute approximate surface area is 98.9 Å². The van der Waals surface area contributed by atoms with Crippen LogP contribution >= 0.6 is 23.2 Å². The summed E-state index contributed by atoms with van der Waals surface area (Å²) < 4.78 is 41.2. The SMILES string of the molecule is COc1cc(Cl)c(C(=O)C(F)(F)F)cc1Cl. The van der Waals surface area contributed by atoms with Crippen LogP contribution in [0.3, 0.4) is 0 Å². The normalized spacial score (nSPS) is 11.4. The Morgan fingerprint density at radius 2 is 1.81 bits per heavy atom. The monoisotopic (exact) mass is 272 g/mol. The maximum absolute atomic E-state index is 12.1. The zero-order valence-electron chi connectivity index (χ0n) is 7.86. The molecule has 0 saturated heterocycles. The van der Waals surface area contributed by atoms with Gasteiger partial charge < -0.3 is 4.74 Å². The Hall–Kier alpha value is -0.940. The van der Waals surface area contributed by atoms with Crippen LogP contribution in [-0.2, 0) is 0 Å². The van der Waals surface area contributed by atoms with Gasteiger partial charge in [0.2, 0.25) is 0 Å². The summed E-state index contributed by atoms with van der Waals surface area (Å²) in [4.78, 5) is 10.9. The van der Waals surface area contributed by atoms with Gasteiger partial charge in [0.15, 0.2) is 0 Å². The predicted octanol–water partition coefficient (Wildman–Crippen LogP) is 3.75. The third-order valence-electron chi connectivity index (χ3n) is 1.74. The molecule has 0 saturated carbocycles. The Morgan fingerprint density at radius 1 is 1.25 bits per heavy atom. The molecule has 7 heteroatoms. The number of hydrogen-bond donors (Lipinski definition) is 0. The van der Waals surface area contributed by atoms with E-state index in [0.29, 0.717) is 0 Å². The number of ether oxygens (including phenoxy) is 1. The standard InChI is InChI=1S/C9H5Cl2F3O2/c1-16-7-3-5(10)4(2-6(7)11)8(15)9(12,13)14/h2-3H,1H3. The second-order valence-corrected chi connectivity index (χ2v) is 3.61. The Morgan fingerprint density at radius 3 is 2.25 bits per heavy atom. The van der Waals surface area contributed by atoms with Crippen molar-refractivity contribution in [2.24, 2.45) is 0 Å². The molecular formula is C9H5Cl2F3O2. The van der Waals surface area contributed by atoms with Gasteiger partial charge in [0.1, 0.15) is 5.75 Å². The van der Waals surface area contributed by atoms with Crippen molar-refractivity contribution in [2.45, 2.75) is 6.18 Å². The Bertz CT molecular complexity index is 429. The summed E-state index contributed by atoms with van der Waals surface area (Å²) in [5.41, 5.74) is -0.694. The molecule has 0 N–H and O–H groups in total. The van der Waals surface area contributed by atoms with Crippen LogP contribution in [0.1, 0.15) is 10.4 Å². The van der Waals surface area contributed by atoms with Crippen molar-refractivity contribution in [3.8, 4) is 5.75 Å². The Kier molecular flexibility index (Phi) is 3.70. The fourth-order valence-electron chi connectivity index (χ4n) is 1.01. The number of rotatable bonds is 2. The van der Waals surface area contributed by atoms with Crippen LogP contribution in [0.5, 0.6) is 5.75 Å². The van der Waals surface area contributed by atoms with Crippen molar-refractivity contribution in [3.63, 3.8) is 0 Å². The third-order valence-corrected chi connectivity index (χ3v) is 2.35. The third kappa shape index (κ3) is 2.59. The quantitative estimate of drug-likeness (QED) is 0.767. The lowest BCUT2D eigenvalue weighted by Crippen LogP contribution is -2.23. The first-order valence-electron chi connectivity index (χ1n) is 3.92. The van der Waals surface area contributed by atoms with Crippen LogP contribution in [0.15, 0.2) is 12.1 Å². The molecule has 0 aliphatic rings. The van der Waals surface area contributed by atoms with Crippen LogP contribution in [-0.4, -0.2) is 19.1 Å². The molecule has 1 aromatic carbocycles. The first-order valence-corrected chi connectivity index (χ1v) is 4.67. The minimum atomic E-state index is -4.98. The highest BCUT2D eigenvalue weighted by atomic mass is 35.5. The summed E-state index contributed by atoms with van der Waals surface area (Å²) in [6.07, 6.45) is -4.98. The van der Waals surface area contributed by atoms with Crippen molar-refractivity contribution < 1.29 is 22.7 Å². The highest BCUT2D eigenvalue weighted by Gasteiger charge is 2.40. The predicted molar refractivity (Wildman–Crippen MR) is 53.4 cm³/mol. The van der Waals surface area contributed by atoms with Crippen LogP contribution in [0.2, 0.25) is 10.0 Å². The molecular weight excluding hydrogens is 268 g/mol. The maximum Gasteiger partial charge on any atom is 0.454 e. The summed E-state index contributed by atoms with van der Waals surface area (Å²) in [5.74, 6) is -1.94. The summed E-state index contributed by atoms with van der Waals surface area (Å²) in [7, 11) is 1.28. The highest BCUT2D eigenvalue weighted by molar-refractivity contribution is 6.37. The molecule has 0 heterocycles. The lowest BCUT2D eigenvalue weighted by atomic mass is 10.1. The highest BCUT2D eigenvalue weighted by Crippen LogP contribution is 2.34. The van der Waals surface area contributed by atoms with Gasteiger partial charge in [0.05, 0.1) is 17.2 Å². The second-order valence-electron chi connectivity index (χ2n) is 2.79. The minimum absolute atomic E-state index is 0.102. The number of alkyl halides is 3. The summed E-state index contributed by atoms with van der Waals surface area (Å²) in [6, 6.07) is 1.89. The van der Waals surface area contributed by atoms with Crippen LogP contribution < -0.4 is 4.74 Å². The maximum atomic E-state index is 12.1. The molecule has 1 rings (SSSR count). The van der Waals surface area contributed by atoms with Gasteiger partial charge in [-0.1, -0.05) is 23.2 Å². The van der Waals surface area contributed by atoms with Crippen LogP contribution in [0.4, 0.5) is 13.2 Å². The summed E-state index contributed by atoms with van der Waals surface area (Å²) >= 11 is 11.1. The average molecular weight is 273 g/mol. The molecule has 0 radical (unpaired) electrons. The molecule has 0 fully saturated rings. The van der Waals surface area contributed by atoms with Gasteiger partial charge >= 0.3 is 6.18 Å². The van der Waals surface area contributed by atoms with E-state index < -0.39 is 17.5 Å². The molecule has 0 bridgehead atoms. The minimum Gasteiger partial charge on any atom is -0.495 e. The van der Waals surface area contributed by atoms with Gasteiger partial charge in [-0.05, 0) is 6.07 Å². The number of carbonyl (C=O) groups is 1. The topological polar surface area (TPSA) is 26.3 Å². The number of methoxy groups -OCH3 is 1. The van der Waals surface area contributed by atoms with E-state index in [1.165, 1.54) is 7.11 Å². The fraction of sp³-hybridized carbons (Fsp3) is 0.222. The van der Waals surface area contributed by atoms with Gasteiger partial charge in [-0.2, -0.15) is 13.2 Å². The smallest absolute Gasteiger partial charge is 0.454 e. The van der Waals surface area contributed by atoms with Gasteiger partial charge in [-0.3, -0.25) is 4.79 Å². The Balaban J connectivity index is 3.27. The molecule has 2 nitrogen and oxygen atoms in total. The summed E-state index contributed by atoms with van der Waals surface area (Å²) in [5, 5.41) is -0.469. The lowest BCUT2D eigenvalue weighted by molar-refractivity contribution is -0.0885. The van der Waals surface area contributed by atoms with Gasteiger partial charge in [0.25, 0.3) is 5.78 Å². The molecule has 0 aliphatic carbocycles. The number of Topliss-reactive ketones (excluding diaryl/α,β-unsaturated/α-hetero) is 1. The average Bonchev–Trinajstić information content (AvgIpc) is 2.18. The molecule has 0 atom stereocenters. The van der Waals surface area contributed by atoms with Crippen LogP contribution in [0.25, 0.3) is 0 Å². The van der Waals surface area contributed by atoms with Gasteiger partial charge in [-0.15, -0.1) is 0 Å². The first kappa shape index (κ1) is 13.1. The largest absolute Gasteiger partial charge is 0.495 e. The number of benzene rings is 1. The summed E-state index contributed by atoms with van der Waals surface area (Å²) in [6.45, 7) is 0. The van der Waals surface area contributed by atoms with E-state index >= 15 is 0 Å².